The van der Waals surface area contributed by atoms with Crippen LogP contribution in [0.25, 0.3) is 21.8 Å². The second-order valence-electron chi connectivity index (χ2n) is 17.7. The monoisotopic (exact) mass is 869 g/mol. The van der Waals surface area contributed by atoms with E-state index in [-0.39, 0.29) is 29.2 Å². The van der Waals surface area contributed by atoms with Crippen LogP contribution in [0.15, 0.2) is 47.4 Å². The molecule has 4 atom stereocenters. The molecule has 5 aromatic rings. The smallest absolute Gasteiger partial charge is 0.301 e. The summed E-state index contributed by atoms with van der Waals surface area (Å²) in [5.41, 5.74) is 3.84. The zero-order valence-corrected chi connectivity index (χ0v) is 35.7. The number of aromatic nitrogens is 5. The Kier molecular flexibility index (Phi) is 10.2. The Labute approximate surface area is 361 Å². The van der Waals surface area contributed by atoms with Gasteiger partial charge < -0.3 is 29.7 Å². The molecular weight excluding hydrogens is 820 g/mol. The fourth-order valence-corrected chi connectivity index (χ4v) is 10.1. The highest BCUT2D eigenvalue weighted by Gasteiger charge is 2.51. The highest BCUT2D eigenvalue weighted by atomic mass is 35.5. The molecule has 0 radical (unpaired) electrons. The van der Waals surface area contributed by atoms with Gasteiger partial charge in [-0.1, -0.05) is 30.7 Å². The number of benzene rings is 2. The van der Waals surface area contributed by atoms with E-state index in [9.17, 15) is 14.4 Å². The maximum atomic E-state index is 15.2. The lowest BCUT2D eigenvalue weighted by molar-refractivity contribution is -0.134. The van der Waals surface area contributed by atoms with Crippen LogP contribution in [0.5, 0.6) is 5.75 Å². The van der Waals surface area contributed by atoms with E-state index in [1.807, 2.05) is 36.0 Å². The molecule has 2 amide bonds. The molecule has 3 N–H and O–H groups in total. The second kappa shape index (κ2) is 15.7. The summed E-state index contributed by atoms with van der Waals surface area (Å²) in [4.78, 5) is 54.5. The summed E-state index contributed by atoms with van der Waals surface area (Å²) in [7, 11) is 3.53. The van der Waals surface area contributed by atoms with Gasteiger partial charge in [0.2, 0.25) is 23.5 Å². The average Bonchev–Trinajstić information content (AvgIpc) is 4.06. The van der Waals surface area contributed by atoms with Gasteiger partial charge in [0.15, 0.2) is 12.4 Å². The van der Waals surface area contributed by atoms with E-state index < -0.39 is 30.0 Å². The maximum Gasteiger partial charge on any atom is 0.301 e. The van der Waals surface area contributed by atoms with Crippen LogP contribution < -0.4 is 36.0 Å². The fourth-order valence-electron chi connectivity index (χ4n) is 9.98. The first-order valence-electron chi connectivity index (χ1n) is 21.6. The zero-order chi connectivity index (χ0) is 43.0. The molecule has 1 unspecified atom stereocenters. The number of alkyl halides is 2. The van der Waals surface area contributed by atoms with Gasteiger partial charge in [-0.3, -0.25) is 29.3 Å². The van der Waals surface area contributed by atoms with Crippen molar-refractivity contribution >= 4 is 74.0 Å². The van der Waals surface area contributed by atoms with E-state index >= 15 is 8.78 Å². The number of piperidine rings is 2. The van der Waals surface area contributed by atoms with E-state index in [0.717, 1.165) is 74.5 Å². The Balaban J connectivity index is 0.791. The van der Waals surface area contributed by atoms with E-state index in [0.29, 0.717) is 70.9 Å². The number of nitrogens with zero attached hydrogens (tertiary/aromatic N) is 8. The largest absolute Gasteiger partial charge is 0.480 e. The number of para-hydroxylation sites is 1. The highest BCUT2D eigenvalue weighted by molar-refractivity contribution is 6.33. The van der Waals surface area contributed by atoms with Crippen molar-refractivity contribution in [3.8, 4) is 5.75 Å². The third kappa shape index (κ3) is 7.35. The van der Waals surface area contributed by atoms with Gasteiger partial charge in [-0.05, 0) is 67.7 Å². The molecule has 10 rings (SSSR count). The summed E-state index contributed by atoms with van der Waals surface area (Å²) in [6, 6.07) is 10.5. The van der Waals surface area contributed by atoms with E-state index in [2.05, 4.69) is 48.6 Å². The highest BCUT2D eigenvalue weighted by Crippen LogP contribution is 2.46. The van der Waals surface area contributed by atoms with Crippen molar-refractivity contribution in [3.05, 3.63) is 63.7 Å². The number of rotatable bonds is 8. The number of amides is 2. The van der Waals surface area contributed by atoms with Crippen LogP contribution in [0, 0.1) is 17.8 Å². The predicted octanol–water partition coefficient (Wildman–Crippen LogP) is 5.64. The van der Waals surface area contributed by atoms with Crippen LogP contribution in [-0.4, -0.2) is 105 Å². The molecule has 326 valence electrons. The summed E-state index contributed by atoms with van der Waals surface area (Å²) < 4.78 is 39.2. The molecule has 2 aromatic carbocycles. The van der Waals surface area contributed by atoms with Gasteiger partial charge in [0.05, 0.1) is 46.3 Å². The lowest BCUT2D eigenvalue weighted by atomic mass is 9.86. The molecule has 3 aromatic heterocycles. The molecule has 1 aliphatic carbocycles. The lowest BCUT2D eigenvalue weighted by Gasteiger charge is -2.42. The Morgan fingerprint density at radius 3 is 2.55 bits per heavy atom. The van der Waals surface area contributed by atoms with Crippen molar-refractivity contribution in [3.63, 3.8) is 0 Å². The molecular formula is C44H50ClF2N11O4. The molecule has 15 nitrogen and oxygen atoms in total. The molecule has 0 bridgehead atoms. The number of halogens is 3. The standard InChI is InChI=1S/C44H50ClF2N11O4/c1-24-21-58(14-13-26(24)22-56-15-17-57(18-16-56)33-6-4-5-28-35(53-55(3)37(28)33)29-10-12-34(59)50-41(29)60)43-48-20-31(45)40(52-43)49-27-9-11-32-30(19-27)36-38(42(61)54(32)2)62-23-44(46,47)39(51-36)25-7-8-25/h4-6,9,11,19-20,24-26,29,39,51H,7-8,10,12-18,21-23H2,1-3H3,(H,48,49,52)(H,50,59,60)/t24-,26-,29?,39+/m1/s1. The van der Waals surface area contributed by atoms with Crippen LogP contribution in [-0.2, 0) is 23.7 Å². The number of piperazine rings is 1. The summed E-state index contributed by atoms with van der Waals surface area (Å²) in [6.45, 7) is 7.63. The molecule has 5 aliphatic rings. The van der Waals surface area contributed by atoms with Crippen LogP contribution in [0.4, 0.5) is 37.6 Å². The minimum Gasteiger partial charge on any atom is -0.480 e. The number of carbonyl (C=O) groups excluding carboxylic acids is 2. The minimum absolute atomic E-state index is 0.107. The summed E-state index contributed by atoms with van der Waals surface area (Å²) in [5, 5.41) is 15.5. The normalized spacial score (nSPS) is 24.4. The zero-order valence-electron chi connectivity index (χ0n) is 35.0. The molecule has 18 heteroatoms. The van der Waals surface area contributed by atoms with Crippen molar-refractivity contribution in [2.45, 2.75) is 56.9 Å². The van der Waals surface area contributed by atoms with Crippen LogP contribution >= 0.6 is 11.6 Å². The Morgan fingerprint density at radius 2 is 1.79 bits per heavy atom. The van der Waals surface area contributed by atoms with Crippen molar-refractivity contribution in [1.29, 1.82) is 0 Å². The molecule has 3 saturated heterocycles. The number of aryl methyl sites for hydroxylation is 2. The summed E-state index contributed by atoms with van der Waals surface area (Å²) in [5.74, 6) is -2.50. The Morgan fingerprint density at radius 1 is 0.984 bits per heavy atom. The number of nitrogens with one attached hydrogen (secondary N) is 3. The quantitative estimate of drug-likeness (QED) is 0.166. The number of fused-ring (bicyclic) bond motifs is 4. The number of ether oxygens (including phenoxy) is 1. The first-order chi connectivity index (χ1) is 29.8. The summed E-state index contributed by atoms with van der Waals surface area (Å²) >= 11 is 6.66. The van der Waals surface area contributed by atoms with Crippen LogP contribution in [0.3, 0.4) is 0 Å². The molecule has 7 heterocycles. The van der Waals surface area contributed by atoms with Crippen molar-refractivity contribution in [2.75, 3.05) is 72.9 Å². The van der Waals surface area contributed by atoms with Gasteiger partial charge >= 0.3 is 5.92 Å². The number of imide groups is 1. The van der Waals surface area contributed by atoms with Crippen LogP contribution in [0.2, 0.25) is 5.02 Å². The molecule has 4 fully saturated rings. The first kappa shape index (κ1) is 40.5. The fraction of sp³-hybridized carbons (Fsp3) is 0.500. The van der Waals surface area contributed by atoms with Gasteiger partial charge in [-0.15, -0.1) is 0 Å². The maximum absolute atomic E-state index is 15.2. The minimum atomic E-state index is -3.13. The van der Waals surface area contributed by atoms with E-state index in [1.165, 1.54) is 4.57 Å². The molecule has 1 saturated carbocycles. The Bertz CT molecular complexity index is 2660. The van der Waals surface area contributed by atoms with Crippen molar-refractivity contribution in [2.24, 2.45) is 31.8 Å². The van der Waals surface area contributed by atoms with E-state index in [1.54, 1.807) is 19.3 Å². The number of anilines is 5. The van der Waals surface area contributed by atoms with Gasteiger partial charge in [0.1, 0.15) is 5.02 Å². The third-order valence-electron chi connectivity index (χ3n) is 13.6. The van der Waals surface area contributed by atoms with Crippen LogP contribution in [0.1, 0.15) is 50.6 Å². The molecule has 0 spiro atoms. The summed E-state index contributed by atoms with van der Waals surface area (Å²) in [6.07, 6.45) is 4.76. The lowest BCUT2D eigenvalue weighted by Crippen LogP contribution is -2.50. The third-order valence-corrected chi connectivity index (χ3v) is 13.9. The topological polar surface area (TPSA) is 155 Å². The van der Waals surface area contributed by atoms with Crippen molar-refractivity contribution < 1.29 is 23.1 Å². The van der Waals surface area contributed by atoms with Gasteiger partial charge in [-0.2, -0.15) is 10.1 Å². The van der Waals surface area contributed by atoms with Gasteiger partial charge in [0.25, 0.3) is 5.56 Å². The van der Waals surface area contributed by atoms with Gasteiger partial charge in [0, 0.05) is 82.8 Å². The van der Waals surface area contributed by atoms with E-state index in [4.69, 9.17) is 26.4 Å². The van der Waals surface area contributed by atoms with Gasteiger partial charge in [-0.25, -0.2) is 13.8 Å². The average molecular weight is 870 g/mol. The number of hydrogen-bond acceptors (Lipinski definition) is 12. The molecule has 62 heavy (non-hydrogen) atoms. The number of pyridine rings is 1. The van der Waals surface area contributed by atoms with Crippen molar-refractivity contribution in [1.82, 2.24) is 34.5 Å². The second-order valence-corrected chi connectivity index (χ2v) is 18.2. The molecule has 4 aliphatic heterocycles. The predicted molar refractivity (Wildman–Crippen MR) is 234 cm³/mol. The number of carbonyl (C=O) groups is 2. The number of hydrogen-bond donors (Lipinski definition) is 3. The Hall–Kier alpha value is -5.55. The SMILES string of the molecule is C[C@@H]1CN(c2ncc(Cl)c(Nc3ccc4c(c3)c3c(c(=O)n4C)OCC(F)(F)[C@H](C4CC4)N3)n2)CC[C@@H]1CN1CCN(c2cccc3c(C4CCC(=O)NC4=O)nn(C)c23)CC1. The first-order valence-corrected chi connectivity index (χ1v) is 22.0.